The Hall–Kier alpha value is -3.24. The number of nitrogens with one attached hydrogen (secondary N) is 1. The van der Waals surface area contributed by atoms with E-state index in [9.17, 15) is 18.3 Å². The summed E-state index contributed by atoms with van der Waals surface area (Å²) in [4.78, 5) is 15.8. The van der Waals surface area contributed by atoms with Gasteiger partial charge in [0.25, 0.3) is 10.0 Å². The van der Waals surface area contributed by atoms with E-state index in [4.69, 9.17) is 4.74 Å². The van der Waals surface area contributed by atoms with Crippen LogP contribution in [0.4, 0.5) is 17.1 Å². The van der Waals surface area contributed by atoms with Crippen LogP contribution in [0.2, 0.25) is 0 Å². The van der Waals surface area contributed by atoms with E-state index in [-0.39, 0.29) is 15.5 Å². The standard InChI is InChI=1S/C22H23N3O5S2/c1-30-20-6-3-2-5-19(20)25-12-10-24(11-13-25)18-9-8-16(22(26)27)15-17(18)23-32(28,29)21-7-4-14-31-21/h2-9,14-15,23H,10-13H2,1H3,(H,26,27). The van der Waals surface area contributed by atoms with Crippen LogP contribution in [0.5, 0.6) is 5.75 Å². The minimum absolute atomic E-state index is 0.0188. The third-order valence-corrected chi connectivity index (χ3v) is 8.06. The summed E-state index contributed by atoms with van der Waals surface area (Å²) in [5.41, 5.74) is 1.93. The number of piperazine rings is 1. The van der Waals surface area contributed by atoms with Crippen molar-refractivity contribution < 1.29 is 23.1 Å². The first-order chi connectivity index (χ1) is 15.4. The Labute approximate surface area is 190 Å². The third kappa shape index (κ3) is 4.51. The number of thiophene rings is 1. The highest BCUT2D eigenvalue weighted by atomic mass is 32.2. The van der Waals surface area contributed by atoms with Crippen molar-refractivity contribution >= 4 is 44.4 Å². The molecule has 1 aliphatic heterocycles. The van der Waals surface area contributed by atoms with Crippen LogP contribution in [0.3, 0.4) is 0 Å². The predicted octanol–water partition coefficient (Wildman–Crippen LogP) is 3.58. The number of benzene rings is 2. The minimum Gasteiger partial charge on any atom is -0.495 e. The first-order valence-corrected chi connectivity index (χ1v) is 12.3. The number of aromatic carboxylic acids is 1. The fourth-order valence-electron chi connectivity index (χ4n) is 3.72. The Kier molecular flexibility index (Phi) is 6.24. The molecule has 2 N–H and O–H groups in total. The topological polar surface area (TPSA) is 99.2 Å². The van der Waals surface area contributed by atoms with E-state index in [0.29, 0.717) is 31.9 Å². The number of hydrogen-bond acceptors (Lipinski definition) is 7. The van der Waals surface area contributed by atoms with Crippen LogP contribution >= 0.6 is 11.3 Å². The molecule has 0 unspecified atom stereocenters. The summed E-state index contributed by atoms with van der Waals surface area (Å²) >= 11 is 1.10. The van der Waals surface area contributed by atoms with Gasteiger partial charge in [-0.2, -0.15) is 0 Å². The van der Waals surface area contributed by atoms with Crippen LogP contribution < -0.4 is 19.3 Å². The molecule has 0 radical (unpaired) electrons. The molecule has 0 spiro atoms. The number of carboxylic acids is 1. The number of ether oxygens (including phenoxy) is 1. The van der Waals surface area contributed by atoms with Crippen molar-refractivity contribution in [2.24, 2.45) is 0 Å². The second kappa shape index (κ2) is 9.09. The number of carboxylic acid groups (broad SMARTS) is 1. The van der Waals surface area contributed by atoms with E-state index in [0.717, 1.165) is 22.8 Å². The molecule has 0 amide bonds. The fourth-order valence-corrected chi connectivity index (χ4v) is 5.78. The number of nitrogens with zero attached hydrogens (tertiary/aromatic N) is 2. The highest BCUT2D eigenvalue weighted by Gasteiger charge is 2.24. The molecule has 1 aliphatic rings. The Morgan fingerprint density at radius 3 is 2.31 bits per heavy atom. The van der Waals surface area contributed by atoms with E-state index < -0.39 is 16.0 Å². The highest BCUT2D eigenvalue weighted by molar-refractivity contribution is 7.94. The van der Waals surface area contributed by atoms with Gasteiger partial charge in [0.1, 0.15) is 9.96 Å². The predicted molar refractivity (Wildman–Crippen MR) is 126 cm³/mol. The zero-order valence-corrected chi connectivity index (χ0v) is 19.0. The molecular formula is C22H23N3O5S2. The normalized spacial score (nSPS) is 14.3. The molecule has 2 aromatic carbocycles. The average Bonchev–Trinajstić information content (AvgIpc) is 3.35. The van der Waals surface area contributed by atoms with E-state index >= 15 is 0 Å². The number of methoxy groups -OCH3 is 1. The van der Waals surface area contributed by atoms with Gasteiger partial charge in [-0.1, -0.05) is 18.2 Å². The van der Waals surface area contributed by atoms with Crippen LogP contribution in [0, 0.1) is 0 Å². The van der Waals surface area contributed by atoms with Gasteiger partial charge in [0.15, 0.2) is 0 Å². The van der Waals surface area contributed by atoms with E-state index in [1.165, 1.54) is 18.2 Å². The molecule has 4 rings (SSSR count). The lowest BCUT2D eigenvalue weighted by Gasteiger charge is -2.38. The molecule has 32 heavy (non-hydrogen) atoms. The zero-order valence-electron chi connectivity index (χ0n) is 17.4. The molecule has 2 heterocycles. The molecule has 0 bridgehead atoms. The summed E-state index contributed by atoms with van der Waals surface area (Å²) in [6.45, 7) is 2.69. The Balaban J connectivity index is 1.59. The number of para-hydroxylation sites is 2. The molecule has 0 saturated carbocycles. The quantitative estimate of drug-likeness (QED) is 0.541. The summed E-state index contributed by atoms with van der Waals surface area (Å²) < 4.78 is 33.8. The summed E-state index contributed by atoms with van der Waals surface area (Å²) in [5.74, 6) is -0.315. The number of hydrogen-bond donors (Lipinski definition) is 2. The molecule has 1 fully saturated rings. The molecule has 3 aromatic rings. The number of sulfonamides is 1. The molecule has 1 aromatic heterocycles. The largest absolute Gasteiger partial charge is 0.495 e. The number of rotatable bonds is 7. The molecule has 0 aliphatic carbocycles. The summed E-state index contributed by atoms with van der Waals surface area (Å²) in [7, 11) is -2.17. The van der Waals surface area contributed by atoms with Gasteiger partial charge in [-0.25, -0.2) is 13.2 Å². The summed E-state index contributed by atoms with van der Waals surface area (Å²) in [5, 5.41) is 11.1. The lowest BCUT2D eigenvalue weighted by atomic mass is 10.1. The molecule has 0 atom stereocenters. The number of carbonyl (C=O) groups is 1. The average molecular weight is 474 g/mol. The Morgan fingerprint density at radius 1 is 1.00 bits per heavy atom. The molecular weight excluding hydrogens is 450 g/mol. The van der Waals surface area contributed by atoms with Gasteiger partial charge in [0.2, 0.25) is 0 Å². The zero-order chi connectivity index (χ0) is 22.7. The Bertz CT molecular complexity index is 1200. The molecule has 8 nitrogen and oxygen atoms in total. The Morgan fingerprint density at radius 2 is 1.69 bits per heavy atom. The van der Waals surface area contributed by atoms with Crippen molar-refractivity contribution in [1.82, 2.24) is 0 Å². The smallest absolute Gasteiger partial charge is 0.335 e. The van der Waals surface area contributed by atoms with Crippen molar-refractivity contribution in [3.05, 3.63) is 65.5 Å². The van der Waals surface area contributed by atoms with Crippen LogP contribution in [0.25, 0.3) is 0 Å². The second-order valence-electron chi connectivity index (χ2n) is 7.22. The third-order valence-electron chi connectivity index (χ3n) is 5.29. The second-order valence-corrected chi connectivity index (χ2v) is 10.1. The lowest BCUT2D eigenvalue weighted by Crippen LogP contribution is -2.46. The maximum Gasteiger partial charge on any atom is 0.335 e. The van der Waals surface area contributed by atoms with Gasteiger partial charge in [0.05, 0.1) is 29.7 Å². The van der Waals surface area contributed by atoms with E-state index in [1.54, 1.807) is 24.6 Å². The van der Waals surface area contributed by atoms with E-state index in [2.05, 4.69) is 14.5 Å². The van der Waals surface area contributed by atoms with Crippen molar-refractivity contribution in [1.29, 1.82) is 0 Å². The van der Waals surface area contributed by atoms with Gasteiger partial charge < -0.3 is 19.6 Å². The summed E-state index contributed by atoms with van der Waals surface area (Å²) in [6, 6.07) is 15.5. The first-order valence-electron chi connectivity index (χ1n) is 9.95. The van der Waals surface area contributed by atoms with Gasteiger partial charge in [-0.05, 0) is 41.8 Å². The summed E-state index contributed by atoms with van der Waals surface area (Å²) in [6.07, 6.45) is 0. The van der Waals surface area contributed by atoms with Gasteiger partial charge >= 0.3 is 5.97 Å². The van der Waals surface area contributed by atoms with Crippen LogP contribution in [0.1, 0.15) is 10.4 Å². The molecule has 1 saturated heterocycles. The van der Waals surface area contributed by atoms with Crippen LogP contribution in [-0.4, -0.2) is 52.8 Å². The fraction of sp³-hybridized carbons (Fsp3) is 0.227. The van der Waals surface area contributed by atoms with Crippen LogP contribution in [0.15, 0.2) is 64.2 Å². The number of anilines is 3. The van der Waals surface area contributed by atoms with Crippen LogP contribution in [-0.2, 0) is 10.0 Å². The highest BCUT2D eigenvalue weighted by Crippen LogP contribution is 2.33. The minimum atomic E-state index is -3.81. The van der Waals surface area contributed by atoms with Gasteiger partial charge in [-0.3, -0.25) is 4.72 Å². The molecule has 10 heteroatoms. The monoisotopic (exact) mass is 473 g/mol. The van der Waals surface area contributed by atoms with E-state index in [1.807, 2.05) is 24.3 Å². The SMILES string of the molecule is COc1ccccc1N1CCN(c2ccc(C(=O)O)cc2NS(=O)(=O)c2cccs2)CC1. The van der Waals surface area contributed by atoms with Gasteiger partial charge in [-0.15, -0.1) is 11.3 Å². The van der Waals surface area contributed by atoms with Crippen molar-refractivity contribution in [2.45, 2.75) is 4.21 Å². The molecule has 168 valence electrons. The first kappa shape index (κ1) is 22.0. The maximum atomic E-state index is 12.8. The maximum absolute atomic E-state index is 12.8. The van der Waals surface area contributed by atoms with Crippen molar-refractivity contribution in [2.75, 3.05) is 47.8 Å². The van der Waals surface area contributed by atoms with Gasteiger partial charge in [0, 0.05) is 26.2 Å². The van der Waals surface area contributed by atoms with Crippen molar-refractivity contribution in [3.63, 3.8) is 0 Å². The lowest BCUT2D eigenvalue weighted by molar-refractivity contribution is 0.0697. The van der Waals surface area contributed by atoms with Crippen molar-refractivity contribution in [3.8, 4) is 5.75 Å².